The number of benzene rings is 2. The molecule has 1 amide bonds. The number of nitrogens with zero attached hydrogens (tertiary/aromatic N) is 4. The number of halogens is 1. The molecule has 0 radical (unpaired) electrons. The minimum atomic E-state index is -3.68. The van der Waals surface area contributed by atoms with Crippen molar-refractivity contribution in [3.05, 3.63) is 53.1 Å². The van der Waals surface area contributed by atoms with Crippen molar-refractivity contribution >= 4 is 38.6 Å². The maximum Gasteiger partial charge on any atom is 0.260 e. The van der Waals surface area contributed by atoms with Gasteiger partial charge in [0.1, 0.15) is 11.0 Å². The molecule has 0 bridgehead atoms. The van der Waals surface area contributed by atoms with Crippen LogP contribution in [0, 0.1) is 0 Å². The van der Waals surface area contributed by atoms with Crippen LogP contribution in [0.4, 0.5) is 0 Å². The first-order valence-electron chi connectivity index (χ1n) is 10.0. The van der Waals surface area contributed by atoms with Gasteiger partial charge in [0.15, 0.2) is 6.61 Å². The molecule has 0 spiro atoms. The van der Waals surface area contributed by atoms with E-state index in [1.54, 1.807) is 18.2 Å². The standard InChI is InChI=1S/C20H22ClN5O5S/c21-16-3-1-15(2-4-16)7-8-22-20(27)14-31-26-19-13-17(5-6-18(19)23-24-26)32(28,29)25-9-11-30-12-10-25/h1-6,13H,7-12,14H2,(H,22,27). The number of hydrogen-bond acceptors (Lipinski definition) is 7. The normalized spacial score (nSPS) is 15.0. The Morgan fingerprint density at radius 1 is 1.16 bits per heavy atom. The van der Waals surface area contributed by atoms with Crippen LogP contribution in [-0.4, -0.2) is 73.2 Å². The van der Waals surface area contributed by atoms with E-state index in [1.165, 1.54) is 16.4 Å². The third-order valence-electron chi connectivity index (χ3n) is 4.96. The molecule has 1 fully saturated rings. The highest BCUT2D eigenvalue weighted by Crippen LogP contribution is 2.21. The van der Waals surface area contributed by atoms with Crippen molar-refractivity contribution in [1.29, 1.82) is 0 Å². The van der Waals surface area contributed by atoms with Crippen molar-refractivity contribution in [2.75, 3.05) is 39.5 Å². The molecule has 0 unspecified atom stereocenters. The summed E-state index contributed by atoms with van der Waals surface area (Å²) in [6.45, 7) is 1.45. The summed E-state index contributed by atoms with van der Waals surface area (Å²) in [6.07, 6.45) is 0.651. The third kappa shape index (κ3) is 5.18. The molecular weight excluding hydrogens is 458 g/mol. The van der Waals surface area contributed by atoms with Crippen LogP contribution < -0.4 is 10.2 Å². The molecule has 0 aliphatic carbocycles. The van der Waals surface area contributed by atoms with Crippen LogP contribution in [-0.2, 0) is 26.0 Å². The lowest BCUT2D eigenvalue weighted by molar-refractivity contribution is -0.126. The number of ether oxygens (including phenoxy) is 1. The van der Waals surface area contributed by atoms with Crippen LogP contribution in [0.5, 0.6) is 0 Å². The molecule has 1 aliphatic rings. The molecule has 12 heteroatoms. The van der Waals surface area contributed by atoms with E-state index in [1.807, 2.05) is 12.1 Å². The summed E-state index contributed by atoms with van der Waals surface area (Å²) in [5.41, 5.74) is 1.86. The second-order valence-electron chi connectivity index (χ2n) is 7.13. The van der Waals surface area contributed by atoms with Gasteiger partial charge >= 0.3 is 0 Å². The Hall–Kier alpha value is -2.73. The zero-order valence-electron chi connectivity index (χ0n) is 17.1. The van der Waals surface area contributed by atoms with Gasteiger partial charge in [-0.05, 0) is 47.5 Å². The Bertz CT molecular complexity index is 1190. The third-order valence-corrected chi connectivity index (χ3v) is 7.11. The highest BCUT2D eigenvalue weighted by Gasteiger charge is 2.27. The molecule has 2 heterocycles. The van der Waals surface area contributed by atoms with E-state index >= 15 is 0 Å². The lowest BCUT2D eigenvalue weighted by Gasteiger charge is -2.26. The predicted octanol–water partition coefficient (Wildman–Crippen LogP) is 0.893. The minimum absolute atomic E-state index is 0.103. The van der Waals surface area contributed by atoms with Gasteiger partial charge in [-0.25, -0.2) is 8.42 Å². The molecule has 0 saturated carbocycles. The number of carbonyl (C=O) groups excluding carboxylic acids is 1. The molecule has 10 nitrogen and oxygen atoms in total. The van der Waals surface area contributed by atoms with E-state index in [2.05, 4.69) is 15.6 Å². The minimum Gasteiger partial charge on any atom is -0.385 e. The molecule has 0 atom stereocenters. The number of hydrogen-bond donors (Lipinski definition) is 1. The molecule has 2 aromatic carbocycles. The Morgan fingerprint density at radius 2 is 1.91 bits per heavy atom. The fourth-order valence-electron chi connectivity index (χ4n) is 3.24. The lowest BCUT2D eigenvalue weighted by Crippen LogP contribution is -2.40. The summed E-state index contributed by atoms with van der Waals surface area (Å²) in [4.78, 5) is 18.7. The van der Waals surface area contributed by atoms with Crippen molar-refractivity contribution in [2.45, 2.75) is 11.3 Å². The average Bonchev–Trinajstić information content (AvgIpc) is 3.22. The molecule has 1 aliphatic heterocycles. The quantitative estimate of drug-likeness (QED) is 0.510. The van der Waals surface area contributed by atoms with Gasteiger partial charge in [0.2, 0.25) is 10.0 Å². The Labute approximate surface area is 190 Å². The predicted molar refractivity (Wildman–Crippen MR) is 117 cm³/mol. The maximum absolute atomic E-state index is 12.9. The van der Waals surface area contributed by atoms with Gasteiger partial charge in [0.05, 0.1) is 18.1 Å². The van der Waals surface area contributed by atoms with Gasteiger partial charge in [-0.1, -0.05) is 28.6 Å². The highest BCUT2D eigenvalue weighted by molar-refractivity contribution is 7.89. The molecule has 1 N–H and O–H groups in total. The number of rotatable bonds is 8. The van der Waals surface area contributed by atoms with Gasteiger partial charge in [-0.15, -0.1) is 5.10 Å². The van der Waals surface area contributed by atoms with Crippen molar-refractivity contribution in [2.24, 2.45) is 0 Å². The number of sulfonamides is 1. The summed E-state index contributed by atoms with van der Waals surface area (Å²) in [5.74, 6) is -0.334. The smallest absolute Gasteiger partial charge is 0.260 e. The van der Waals surface area contributed by atoms with Crippen molar-refractivity contribution in [1.82, 2.24) is 24.8 Å². The monoisotopic (exact) mass is 479 g/mol. The summed E-state index contributed by atoms with van der Waals surface area (Å²) in [5, 5.41) is 11.2. The average molecular weight is 480 g/mol. The zero-order chi connectivity index (χ0) is 22.6. The number of carbonyl (C=O) groups is 1. The van der Waals surface area contributed by atoms with Gasteiger partial charge in [-0.2, -0.15) is 4.31 Å². The van der Waals surface area contributed by atoms with Crippen molar-refractivity contribution in [3.63, 3.8) is 0 Å². The second kappa shape index (κ2) is 9.82. The fraction of sp³-hybridized carbons (Fsp3) is 0.350. The van der Waals surface area contributed by atoms with E-state index in [0.29, 0.717) is 55.3 Å². The molecule has 4 rings (SSSR count). The number of fused-ring (bicyclic) bond motifs is 1. The van der Waals surface area contributed by atoms with Crippen LogP contribution in [0.3, 0.4) is 0 Å². The summed E-state index contributed by atoms with van der Waals surface area (Å²) in [6, 6.07) is 11.9. The van der Waals surface area contributed by atoms with Crippen LogP contribution in [0.2, 0.25) is 5.02 Å². The van der Waals surface area contributed by atoms with E-state index in [-0.39, 0.29) is 17.4 Å². The lowest BCUT2D eigenvalue weighted by atomic mass is 10.1. The fourth-order valence-corrected chi connectivity index (χ4v) is 4.79. The van der Waals surface area contributed by atoms with Crippen LogP contribution >= 0.6 is 11.6 Å². The zero-order valence-corrected chi connectivity index (χ0v) is 18.7. The maximum atomic E-state index is 12.9. The molecule has 1 saturated heterocycles. The van der Waals surface area contributed by atoms with Gasteiger partial charge in [0.25, 0.3) is 5.91 Å². The number of aromatic nitrogens is 3. The second-order valence-corrected chi connectivity index (χ2v) is 9.50. The molecule has 1 aromatic heterocycles. The van der Waals surface area contributed by atoms with Crippen LogP contribution in [0.25, 0.3) is 11.0 Å². The van der Waals surface area contributed by atoms with Crippen LogP contribution in [0.15, 0.2) is 47.4 Å². The van der Waals surface area contributed by atoms with Crippen LogP contribution in [0.1, 0.15) is 5.56 Å². The first kappa shape index (κ1) is 22.5. The van der Waals surface area contributed by atoms with Crippen molar-refractivity contribution in [3.8, 4) is 0 Å². The Balaban J connectivity index is 1.37. The van der Waals surface area contributed by atoms with E-state index in [0.717, 1.165) is 10.4 Å². The number of amides is 1. The summed E-state index contributed by atoms with van der Waals surface area (Å²) < 4.78 is 32.4. The van der Waals surface area contributed by atoms with E-state index < -0.39 is 10.0 Å². The summed E-state index contributed by atoms with van der Waals surface area (Å²) in [7, 11) is -3.68. The summed E-state index contributed by atoms with van der Waals surface area (Å²) >= 11 is 5.86. The Kier molecular flexibility index (Phi) is 6.89. The Morgan fingerprint density at radius 3 is 2.66 bits per heavy atom. The molecule has 3 aromatic rings. The molecule has 32 heavy (non-hydrogen) atoms. The topological polar surface area (TPSA) is 116 Å². The first-order chi connectivity index (χ1) is 15.4. The van der Waals surface area contributed by atoms with E-state index in [9.17, 15) is 13.2 Å². The van der Waals surface area contributed by atoms with Crippen molar-refractivity contribution < 1.29 is 22.8 Å². The number of morpholine rings is 1. The SMILES string of the molecule is O=C(COn1nnc2ccc(S(=O)(=O)N3CCOCC3)cc21)NCCc1ccc(Cl)cc1. The first-order valence-corrected chi connectivity index (χ1v) is 11.8. The largest absolute Gasteiger partial charge is 0.385 e. The van der Waals surface area contributed by atoms with E-state index in [4.69, 9.17) is 21.2 Å². The van der Waals surface area contributed by atoms with Gasteiger partial charge in [0, 0.05) is 24.7 Å². The molecular formula is C20H22ClN5O5S. The highest BCUT2D eigenvalue weighted by atomic mass is 35.5. The number of nitrogens with one attached hydrogen (secondary N) is 1. The van der Waals surface area contributed by atoms with Gasteiger partial charge < -0.3 is 14.9 Å². The molecule has 170 valence electrons. The van der Waals surface area contributed by atoms with Gasteiger partial charge in [-0.3, -0.25) is 4.79 Å².